The van der Waals surface area contributed by atoms with Crippen molar-refractivity contribution < 1.29 is 4.79 Å². The number of hydrogen-bond acceptors (Lipinski definition) is 5. The van der Waals surface area contributed by atoms with Crippen molar-refractivity contribution in [1.82, 2.24) is 24.6 Å². The van der Waals surface area contributed by atoms with E-state index in [9.17, 15) is 4.79 Å². The molecule has 1 fully saturated rings. The molecule has 1 amide bonds. The standard InChI is InChI=1S/C22H34BrN5OS/c1-15(12-28-17(3)19(23)16(2)25-28)20(29)27-9-7-8-26(10-11-27)13-18-14-30-21(24-18)22(4,5)6/h14-15H,7-13H2,1-6H3. The third-order valence-electron chi connectivity index (χ3n) is 5.64. The van der Waals surface area contributed by atoms with Crippen molar-refractivity contribution in [2.24, 2.45) is 5.92 Å². The van der Waals surface area contributed by atoms with Crippen LogP contribution in [0, 0.1) is 19.8 Å². The maximum Gasteiger partial charge on any atom is 0.227 e. The first-order valence-corrected chi connectivity index (χ1v) is 12.4. The Kier molecular flexibility index (Phi) is 7.40. The van der Waals surface area contributed by atoms with Gasteiger partial charge in [0.25, 0.3) is 0 Å². The summed E-state index contributed by atoms with van der Waals surface area (Å²) in [7, 11) is 0. The van der Waals surface area contributed by atoms with Gasteiger partial charge in [0.1, 0.15) is 0 Å². The number of rotatable bonds is 5. The maximum atomic E-state index is 13.1. The minimum absolute atomic E-state index is 0.0886. The number of aryl methyl sites for hydroxylation is 1. The molecule has 0 aliphatic carbocycles. The molecule has 8 heteroatoms. The normalized spacial score (nSPS) is 17.2. The molecule has 3 rings (SSSR count). The van der Waals surface area contributed by atoms with Crippen LogP contribution in [0.15, 0.2) is 9.85 Å². The molecule has 1 aliphatic heterocycles. The second-order valence-electron chi connectivity index (χ2n) is 9.42. The summed E-state index contributed by atoms with van der Waals surface area (Å²) < 4.78 is 2.98. The lowest BCUT2D eigenvalue weighted by molar-refractivity contribution is -0.135. The van der Waals surface area contributed by atoms with Crippen molar-refractivity contribution in [3.8, 4) is 0 Å². The van der Waals surface area contributed by atoms with Crippen LogP contribution >= 0.6 is 27.3 Å². The van der Waals surface area contributed by atoms with Crippen LogP contribution in [0.1, 0.15) is 56.2 Å². The number of nitrogens with zero attached hydrogens (tertiary/aromatic N) is 5. The number of aromatic nitrogens is 3. The van der Waals surface area contributed by atoms with Gasteiger partial charge in [0.15, 0.2) is 0 Å². The molecule has 6 nitrogen and oxygen atoms in total. The second-order valence-corrected chi connectivity index (χ2v) is 11.1. The Bertz CT molecular complexity index is 885. The fraction of sp³-hybridized carbons (Fsp3) is 0.682. The number of halogens is 1. The lowest BCUT2D eigenvalue weighted by Crippen LogP contribution is -2.39. The van der Waals surface area contributed by atoms with E-state index in [1.807, 2.05) is 30.4 Å². The first kappa shape index (κ1) is 23.4. The Balaban J connectivity index is 1.55. The molecule has 0 bridgehead atoms. The van der Waals surface area contributed by atoms with E-state index in [-0.39, 0.29) is 17.2 Å². The predicted octanol–water partition coefficient (Wildman–Crippen LogP) is 4.39. The molecular weight excluding hydrogens is 462 g/mol. The lowest BCUT2D eigenvalue weighted by Gasteiger charge is -2.25. The molecular formula is C22H34BrN5OS. The molecule has 0 aromatic carbocycles. The van der Waals surface area contributed by atoms with Gasteiger partial charge in [-0.15, -0.1) is 11.3 Å². The van der Waals surface area contributed by atoms with Crippen molar-refractivity contribution >= 4 is 33.2 Å². The molecule has 0 N–H and O–H groups in total. The van der Waals surface area contributed by atoms with E-state index < -0.39 is 0 Å². The topological polar surface area (TPSA) is 54.3 Å². The van der Waals surface area contributed by atoms with Crippen molar-refractivity contribution in [1.29, 1.82) is 0 Å². The van der Waals surface area contributed by atoms with Crippen LogP contribution < -0.4 is 0 Å². The van der Waals surface area contributed by atoms with E-state index in [2.05, 4.69) is 52.1 Å². The SMILES string of the molecule is Cc1nn(CC(C)C(=O)N2CCCN(Cc3csc(C(C)(C)C)n3)CC2)c(C)c1Br. The van der Waals surface area contributed by atoms with Gasteiger partial charge in [-0.05, 0) is 36.2 Å². The molecule has 1 aliphatic rings. The van der Waals surface area contributed by atoms with Gasteiger partial charge in [-0.1, -0.05) is 27.7 Å². The zero-order valence-electron chi connectivity index (χ0n) is 19.0. The smallest absolute Gasteiger partial charge is 0.227 e. The van der Waals surface area contributed by atoms with Crippen LogP contribution in [0.4, 0.5) is 0 Å². The van der Waals surface area contributed by atoms with Crippen molar-refractivity contribution in [3.63, 3.8) is 0 Å². The fourth-order valence-corrected chi connectivity index (χ4v) is 4.99. The van der Waals surface area contributed by atoms with Crippen LogP contribution in [0.2, 0.25) is 0 Å². The largest absolute Gasteiger partial charge is 0.341 e. The monoisotopic (exact) mass is 495 g/mol. The highest BCUT2D eigenvalue weighted by Crippen LogP contribution is 2.26. The summed E-state index contributed by atoms with van der Waals surface area (Å²) in [5.41, 5.74) is 3.29. The summed E-state index contributed by atoms with van der Waals surface area (Å²) >= 11 is 5.32. The van der Waals surface area contributed by atoms with Crippen LogP contribution in [-0.4, -0.2) is 56.7 Å². The van der Waals surface area contributed by atoms with Crippen LogP contribution in [0.5, 0.6) is 0 Å². The molecule has 1 unspecified atom stereocenters. The maximum absolute atomic E-state index is 13.1. The Morgan fingerprint density at radius 2 is 1.97 bits per heavy atom. The van der Waals surface area contributed by atoms with Gasteiger partial charge in [-0.2, -0.15) is 5.10 Å². The summed E-state index contributed by atoms with van der Waals surface area (Å²) in [5.74, 6) is 0.138. The van der Waals surface area contributed by atoms with Gasteiger partial charge >= 0.3 is 0 Å². The van der Waals surface area contributed by atoms with Gasteiger partial charge in [-0.3, -0.25) is 14.4 Å². The molecule has 1 saturated heterocycles. The molecule has 166 valence electrons. The van der Waals surface area contributed by atoms with Crippen molar-refractivity contribution in [2.45, 2.75) is 66.5 Å². The molecule has 0 spiro atoms. The molecule has 0 radical (unpaired) electrons. The third kappa shape index (κ3) is 5.51. The van der Waals surface area contributed by atoms with Crippen LogP contribution in [0.3, 0.4) is 0 Å². The second kappa shape index (κ2) is 9.49. The molecule has 0 saturated carbocycles. The summed E-state index contributed by atoms with van der Waals surface area (Å²) in [6, 6.07) is 0. The Morgan fingerprint density at radius 3 is 2.57 bits per heavy atom. The molecule has 3 heterocycles. The van der Waals surface area contributed by atoms with E-state index in [4.69, 9.17) is 4.98 Å². The molecule has 30 heavy (non-hydrogen) atoms. The van der Waals surface area contributed by atoms with Gasteiger partial charge in [0, 0.05) is 49.2 Å². The van der Waals surface area contributed by atoms with Crippen LogP contribution in [0.25, 0.3) is 0 Å². The number of carbonyl (C=O) groups is 1. The van der Waals surface area contributed by atoms with E-state index in [0.717, 1.165) is 60.7 Å². The fourth-order valence-electron chi connectivity index (χ4n) is 3.80. The lowest BCUT2D eigenvalue weighted by atomic mass is 9.98. The van der Waals surface area contributed by atoms with Crippen LogP contribution in [-0.2, 0) is 23.3 Å². The zero-order chi connectivity index (χ0) is 22.1. The van der Waals surface area contributed by atoms with E-state index in [1.165, 1.54) is 5.01 Å². The average Bonchev–Trinajstić information content (AvgIpc) is 3.15. The highest BCUT2D eigenvalue weighted by Gasteiger charge is 2.25. The van der Waals surface area contributed by atoms with E-state index in [1.54, 1.807) is 11.3 Å². The van der Waals surface area contributed by atoms with E-state index in [0.29, 0.717) is 6.54 Å². The summed E-state index contributed by atoms with van der Waals surface area (Å²) in [4.78, 5) is 22.4. The highest BCUT2D eigenvalue weighted by atomic mass is 79.9. The predicted molar refractivity (Wildman–Crippen MR) is 126 cm³/mol. The summed E-state index contributed by atoms with van der Waals surface area (Å²) in [5, 5.41) is 7.93. The van der Waals surface area contributed by atoms with Crippen molar-refractivity contribution in [2.75, 3.05) is 26.2 Å². The van der Waals surface area contributed by atoms with Gasteiger partial charge < -0.3 is 4.90 Å². The number of hydrogen-bond donors (Lipinski definition) is 0. The molecule has 1 atom stereocenters. The first-order valence-electron chi connectivity index (χ1n) is 10.7. The summed E-state index contributed by atoms with van der Waals surface area (Å²) in [6.45, 7) is 17.6. The zero-order valence-corrected chi connectivity index (χ0v) is 21.4. The number of thiazole rings is 1. The first-order chi connectivity index (χ1) is 14.1. The highest BCUT2D eigenvalue weighted by molar-refractivity contribution is 9.10. The number of carbonyl (C=O) groups excluding carboxylic acids is 1. The molecule has 2 aromatic rings. The number of amides is 1. The summed E-state index contributed by atoms with van der Waals surface area (Å²) in [6.07, 6.45) is 1.00. The Labute approximate surface area is 192 Å². The van der Waals surface area contributed by atoms with Gasteiger partial charge in [0.2, 0.25) is 5.91 Å². The Morgan fingerprint density at radius 1 is 1.23 bits per heavy atom. The van der Waals surface area contributed by atoms with E-state index >= 15 is 0 Å². The van der Waals surface area contributed by atoms with Gasteiger partial charge in [-0.25, -0.2) is 4.98 Å². The average molecular weight is 497 g/mol. The third-order valence-corrected chi connectivity index (χ3v) is 8.11. The quantitative estimate of drug-likeness (QED) is 0.617. The molecule has 2 aromatic heterocycles. The minimum atomic E-state index is -0.0886. The Hall–Kier alpha value is -1.25. The van der Waals surface area contributed by atoms with Gasteiger partial charge in [0.05, 0.1) is 33.3 Å². The van der Waals surface area contributed by atoms with Crippen molar-refractivity contribution in [3.05, 3.63) is 31.9 Å². The minimum Gasteiger partial charge on any atom is -0.341 e.